The van der Waals surface area contributed by atoms with Crippen molar-refractivity contribution in [1.29, 1.82) is 0 Å². The molecule has 30 heavy (non-hydrogen) atoms. The number of hydrogen-bond acceptors (Lipinski definition) is 3. The van der Waals surface area contributed by atoms with E-state index in [4.69, 9.17) is 4.98 Å². The summed E-state index contributed by atoms with van der Waals surface area (Å²) >= 11 is 0. The molecule has 0 unspecified atom stereocenters. The highest BCUT2D eigenvalue weighted by Gasteiger charge is 2.16. The molecule has 5 nitrogen and oxygen atoms in total. The number of aromatic amines is 1. The van der Waals surface area contributed by atoms with Crippen molar-refractivity contribution in [1.82, 2.24) is 24.4 Å². The van der Waals surface area contributed by atoms with Crippen molar-refractivity contribution < 1.29 is 0 Å². The lowest BCUT2D eigenvalue weighted by Crippen LogP contribution is -2.30. The SMILES string of the molecule is Cc1cccc2[nH]c(-c3ccc4ncn(CCCCC5CCN(C)CC5)c4c3)nc12. The molecule has 0 atom stereocenters. The van der Waals surface area contributed by atoms with Crippen LogP contribution in [0.1, 0.15) is 37.7 Å². The zero-order valence-corrected chi connectivity index (χ0v) is 18.1. The number of nitrogens with one attached hydrogen (secondary N) is 1. The summed E-state index contributed by atoms with van der Waals surface area (Å²) < 4.78 is 2.31. The van der Waals surface area contributed by atoms with E-state index in [1.807, 2.05) is 6.33 Å². The van der Waals surface area contributed by atoms with Crippen LogP contribution in [0.2, 0.25) is 0 Å². The Kier molecular flexibility index (Phi) is 5.30. The topological polar surface area (TPSA) is 49.7 Å². The molecular weight excluding hydrogens is 370 g/mol. The van der Waals surface area contributed by atoms with Crippen LogP contribution in [-0.2, 0) is 6.54 Å². The fourth-order valence-electron chi connectivity index (χ4n) is 4.76. The standard InChI is InChI=1S/C25H31N5/c1-18-6-5-8-22-24(18)28-25(27-22)20-9-10-21-23(16-20)30(17-26-21)13-4-3-7-19-11-14-29(2)15-12-19/h5-6,8-10,16-17,19H,3-4,7,11-15H2,1-2H3,(H,27,28). The molecular formula is C25H31N5. The third-order valence-electron chi connectivity index (χ3n) is 6.71. The van der Waals surface area contributed by atoms with Gasteiger partial charge in [-0.05, 0) is 82.1 Å². The third-order valence-corrected chi connectivity index (χ3v) is 6.71. The average molecular weight is 402 g/mol. The van der Waals surface area contributed by atoms with Crippen LogP contribution in [0.5, 0.6) is 0 Å². The second kappa shape index (κ2) is 8.23. The maximum absolute atomic E-state index is 4.85. The Morgan fingerprint density at radius 3 is 2.80 bits per heavy atom. The first-order valence-corrected chi connectivity index (χ1v) is 11.3. The summed E-state index contributed by atoms with van der Waals surface area (Å²) in [5, 5.41) is 0. The molecule has 5 rings (SSSR count). The molecule has 0 spiro atoms. The van der Waals surface area contributed by atoms with Crippen molar-refractivity contribution in [2.45, 2.75) is 45.6 Å². The second-order valence-electron chi connectivity index (χ2n) is 8.94. The molecule has 4 aromatic rings. The van der Waals surface area contributed by atoms with Gasteiger partial charge in [0.25, 0.3) is 0 Å². The van der Waals surface area contributed by atoms with Crippen molar-refractivity contribution >= 4 is 22.1 Å². The van der Waals surface area contributed by atoms with Crippen molar-refractivity contribution in [3.63, 3.8) is 0 Å². The van der Waals surface area contributed by atoms with Gasteiger partial charge >= 0.3 is 0 Å². The summed E-state index contributed by atoms with van der Waals surface area (Å²) in [6.45, 7) is 5.67. The molecule has 1 saturated heterocycles. The number of hydrogen-bond donors (Lipinski definition) is 1. The van der Waals surface area contributed by atoms with E-state index in [0.717, 1.165) is 40.4 Å². The van der Waals surface area contributed by atoms with Gasteiger partial charge in [0, 0.05) is 12.1 Å². The van der Waals surface area contributed by atoms with E-state index in [0.29, 0.717) is 0 Å². The van der Waals surface area contributed by atoms with Crippen LogP contribution in [0.15, 0.2) is 42.7 Å². The normalized spacial score (nSPS) is 16.1. The van der Waals surface area contributed by atoms with E-state index in [1.165, 1.54) is 56.3 Å². The van der Waals surface area contributed by atoms with E-state index < -0.39 is 0 Å². The molecule has 5 heteroatoms. The zero-order chi connectivity index (χ0) is 20.5. The van der Waals surface area contributed by atoms with Gasteiger partial charge in [-0.3, -0.25) is 0 Å². The van der Waals surface area contributed by atoms with Gasteiger partial charge in [-0.25, -0.2) is 9.97 Å². The van der Waals surface area contributed by atoms with Gasteiger partial charge in [-0.15, -0.1) is 0 Å². The highest BCUT2D eigenvalue weighted by Crippen LogP contribution is 2.26. The largest absolute Gasteiger partial charge is 0.338 e. The molecule has 2 aromatic heterocycles. The number of fused-ring (bicyclic) bond motifs is 2. The van der Waals surface area contributed by atoms with Crippen LogP contribution in [-0.4, -0.2) is 44.6 Å². The predicted octanol–water partition coefficient (Wildman–Crippen LogP) is 5.40. The fraction of sp³-hybridized carbons (Fsp3) is 0.440. The molecule has 0 bridgehead atoms. The summed E-state index contributed by atoms with van der Waals surface area (Å²) in [7, 11) is 2.24. The lowest BCUT2D eigenvalue weighted by Gasteiger charge is -2.28. The van der Waals surface area contributed by atoms with E-state index in [2.05, 4.69) is 69.8 Å². The molecule has 156 valence electrons. The van der Waals surface area contributed by atoms with Gasteiger partial charge in [0.2, 0.25) is 0 Å². The van der Waals surface area contributed by atoms with Gasteiger partial charge in [0.15, 0.2) is 0 Å². The first kappa shape index (κ1) is 19.3. The Labute approximate surface area is 178 Å². The Balaban J connectivity index is 1.29. The molecule has 3 heterocycles. The summed E-state index contributed by atoms with van der Waals surface area (Å²) in [6.07, 6.45) is 8.61. The number of likely N-dealkylation sites (tertiary alicyclic amines) is 1. The second-order valence-corrected chi connectivity index (χ2v) is 8.94. The van der Waals surface area contributed by atoms with Crippen LogP contribution >= 0.6 is 0 Å². The Bertz CT molecular complexity index is 1150. The zero-order valence-electron chi connectivity index (χ0n) is 18.1. The van der Waals surface area contributed by atoms with Crippen LogP contribution in [0, 0.1) is 12.8 Å². The van der Waals surface area contributed by atoms with Gasteiger partial charge in [-0.1, -0.05) is 25.0 Å². The van der Waals surface area contributed by atoms with E-state index in [9.17, 15) is 0 Å². The van der Waals surface area contributed by atoms with Crippen molar-refractivity contribution in [3.8, 4) is 11.4 Å². The molecule has 0 radical (unpaired) electrons. The number of aryl methyl sites for hydroxylation is 2. The van der Waals surface area contributed by atoms with Crippen LogP contribution in [0.4, 0.5) is 0 Å². The molecule has 1 fully saturated rings. The first-order valence-electron chi connectivity index (χ1n) is 11.3. The lowest BCUT2D eigenvalue weighted by molar-refractivity contribution is 0.209. The molecule has 0 saturated carbocycles. The van der Waals surface area contributed by atoms with Gasteiger partial charge in [-0.2, -0.15) is 0 Å². The maximum atomic E-state index is 4.85. The minimum atomic E-state index is 0.920. The number of imidazole rings is 2. The maximum Gasteiger partial charge on any atom is 0.138 e. The number of nitrogens with zero attached hydrogens (tertiary/aromatic N) is 4. The fourth-order valence-corrected chi connectivity index (χ4v) is 4.76. The summed E-state index contributed by atoms with van der Waals surface area (Å²) in [4.78, 5) is 15.4. The summed E-state index contributed by atoms with van der Waals surface area (Å²) in [6, 6.07) is 12.7. The van der Waals surface area contributed by atoms with Crippen LogP contribution < -0.4 is 0 Å². The van der Waals surface area contributed by atoms with E-state index in [1.54, 1.807) is 0 Å². The van der Waals surface area contributed by atoms with E-state index >= 15 is 0 Å². The quantitative estimate of drug-likeness (QED) is 0.440. The number of aromatic nitrogens is 4. The van der Waals surface area contributed by atoms with Gasteiger partial charge in [0.1, 0.15) is 5.82 Å². The molecule has 0 amide bonds. The van der Waals surface area contributed by atoms with Crippen molar-refractivity contribution in [3.05, 3.63) is 48.3 Å². The molecule has 1 aliphatic rings. The lowest BCUT2D eigenvalue weighted by atomic mass is 9.92. The smallest absolute Gasteiger partial charge is 0.138 e. The monoisotopic (exact) mass is 401 g/mol. The number of H-pyrrole nitrogens is 1. The Morgan fingerprint density at radius 2 is 1.97 bits per heavy atom. The highest BCUT2D eigenvalue weighted by molar-refractivity contribution is 5.85. The minimum Gasteiger partial charge on any atom is -0.338 e. The van der Waals surface area contributed by atoms with Gasteiger partial charge < -0.3 is 14.5 Å². The Morgan fingerprint density at radius 1 is 1.10 bits per heavy atom. The average Bonchev–Trinajstić information content (AvgIpc) is 3.37. The number of piperidine rings is 1. The summed E-state index contributed by atoms with van der Waals surface area (Å²) in [5.74, 6) is 1.85. The van der Waals surface area contributed by atoms with Crippen LogP contribution in [0.25, 0.3) is 33.5 Å². The van der Waals surface area contributed by atoms with Crippen LogP contribution in [0.3, 0.4) is 0 Å². The van der Waals surface area contributed by atoms with E-state index in [-0.39, 0.29) is 0 Å². The summed E-state index contributed by atoms with van der Waals surface area (Å²) in [5.41, 5.74) is 6.71. The molecule has 2 aromatic carbocycles. The highest BCUT2D eigenvalue weighted by atomic mass is 15.1. The minimum absolute atomic E-state index is 0.920. The van der Waals surface area contributed by atoms with Crippen molar-refractivity contribution in [2.24, 2.45) is 5.92 Å². The molecule has 1 aliphatic heterocycles. The number of rotatable bonds is 6. The number of benzene rings is 2. The first-order chi connectivity index (χ1) is 14.7. The van der Waals surface area contributed by atoms with Crippen molar-refractivity contribution in [2.75, 3.05) is 20.1 Å². The third kappa shape index (κ3) is 3.86. The molecule has 0 aliphatic carbocycles. The number of para-hydroxylation sites is 1. The Hall–Kier alpha value is -2.66. The number of unbranched alkanes of at least 4 members (excludes halogenated alkanes) is 1. The van der Waals surface area contributed by atoms with Gasteiger partial charge in [0.05, 0.1) is 28.4 Å². The molecule has 1 N–H and O–H groups in total. The predicted molar refractivity (Wildman–Crippen MR) is 124 cm³/mol.